The fourth-order valence-corrected chi connectivity index (χ4v) is 3.15. The summed E-state index contributed by atoms with van der Waals surface area (Å²) in [6, 6.07) is 5.22. The summed E-state index contributed by atoms with van der Waals surface area (Å²) in [4.78, 5) is 0.873. The molecule has 96 valence electrons. The number of ether oxygens (including phenoxy) is 1. The molecule has 1 unspecified atom stereocenters. The fourth-order valence-electron chi connectivity index (χ4n) is 1.72. The second kappa shape index (κ2) is 5.49. The standard InChI is InChI=1S/C13H12Cl2O2S/c1-7-3-4-18-13(7)12(16)8-5-10(15)11(17-2)6-9(8)14/h3-6,12,16H,1-2H3. The summed E-state index contributed by atoms with van der Waals surface area (Å²) in [6.07, 6.45) is -0.763. The molecule has 0 aliphatic heterocycles. The topological polar surface area (TPSA) is 29.5 Å². The molecule has 0 fully saturated rings. The van der Waals surface area contributed by atoms with Gasteiger partial charge in [-0.3, -0.25) is 0 Å². The lowest BCUT2D eigenvalue weighted by Gasteiger charge is -2.14. The van der Waals surface area contributed by atoms with E-state index in [0.29, 0.717) is 21.4 Å². The normalized spacial score (nSPS) is 12.5. The number of aryl methyl sites for hydroxylation is 1. The van der Waals surface area contributed by atoms with Gasteiger partial charge < -0.3 is 9.84 Å². The molecule has 2 aromatic rings. The quantitative estimate of drug-likeness (QED) is 0.907. The maximum atomic E-state index is 10.4. The summed E-state index contributed by atoms with van der Waals surface area (Å²) in [5.41, 5.74) is 1.63. The smallest absolute Gasteiger partial charge is 0.138 e. The molecule has 0 amide bonds. The zero-order valence-electron chi connectivity index (χ0n) is 9.91. The first kappa shape index (κ1) is 13.7. The van der Waals surface area contributed by atoms with Gasteiger partial charge in [-0.2, -0.15) is 0 Å². The Morgan fingerprint density at radius 1 is 1.28 bits per heavy atom. The zero-order valence-corrected chi connectivity index (χ0v) is 12.2. The van der Waals surface area contributed by atoms with Gasteiger partial charge >= 0.3 is 0 Å². The fraction of sp³-hybridized carbons (Fsp3) is 0.231. The van der Waals surface area contributed by atoms with Crippen molar-refractivity contribution in [3.63, 3.8) is 0 Å². The van der Waals surface area contributed by atoms with Gasteiger partial charge in [0, 0.05) is 16.5 Å². The van der Waals surface area contributed by atoms with E-state index in [0.717, 1.165) is 10.4 Å². The summed E-state index contributed by atoms with van der Waals surface area (Å²) >= 11 is 13.7. The lowest BCUT2D eigenvalue weighted by atomic mass is 10.1. The van der Waals surface area contributed by atoms with E-state index in [9.17, 15) is 5.11 Å². The first-order valence-corrected chi connectivity index (χ1v) is 6.93. The average molecular weight is 303 g/mol. The van der Waals surface area contributed by atoms with Crippen LogP contribution >= 0.6 is 34.5 Å². The molecule has 0 saturated heterocycles. The van der Waals surface area contributed by atoms with Crippen LogP contribution in [0, 0.1) is 6.92 Å². The summed E-state index contributed by atoms with van der Waals surface area (Å²) in [5.74, 6) is 0.500. The Kier molecular flexibility index (Phi) is 4.17. The number of methoxy groups -OCH3 is 1. The zero-order chi connectivity index (χ0) is 13.3. The van der Waals surface area contributed by atoms with Gasteiger partial charge in [0.15, 0.2) is 0 Å². The second-order valence-electron chi connectivity index (χ2n) is 3.88. The van der Waals surface area contributed by atoms with E-state index in [4.69, 9.17) is 27.9 Å². The highest BCUT2D eigenvalue weighted by Crippen LogP contribution is 2.38. The molecule has 5 heteroatoms. The number of rotatable bonds is 3. The number of aliphatic hydroxyl groups is 1. The third-order valence-electron chi connectivity index (χ3n) is 2.72. The highest BCUT2D eigenvalue weighted by Gasteiger charge is 2.19. The number of hydrogen-bond donors (Lipinski definition) is 1. The molecular formula is C13H12Cl2O2S. The van der Waals surface area contributed by atoms with Crippen molar-refractivity contribution < 1.29 is 9.84 Å². The first-order valence-electron chi connectivity index (χ1n) is 5.29. The molecule has 2 rings (SSSR count). The Morgan fingerprint density at radius 3 is 2.56 bits per heavy atom. The molecule has 0 saturated carbocycles. The Labute approximate surface area is 120 Å². The van der Waals surface area contributed by atoms with Crippen LogP contribution in [0.1, 0.15) is 22.1 Å². The Bertz CT molecular complexity index is 566. The van der Waals surface area contributed by atoms with Gasteiger partial charge in [-0.15, -0.1) is 11.3 Å². The number of thiophene rings is 1. The molecule has 0 aliphatic carbocycles. The van der Waals surface area contributed by atoms with Crippen LogP contribution in [0.2, 0.25) is 10.0 Å². The molecule has 1 aromatic heterocycles. The summed E-state index contributed by atoms with van der Waals surface area (Å²) in [5, 5.41) is 13.2. The SMILES string of the molecule is COc1cc(Cl)c(C(O)c2sccc2C)cc1Cl. The van der Waals surface area contributed by atoms with Crippen LogP contribution in [0.4, 0.5) is 0 Å². The van der Waals surface area contributed by atoms with E-state index in [1.165, 1.54) is 18.4 Å². The number of halogens is 2. The Hall–Kier alpha value is -0.740. The van der Waals surface area contributed by atoms with Crippen molar-refractivity contribution in [2.45, 2.75) is 13.0 Å². The lowest BCUT2D eigenvalue weighted by molar-refractivity contribution is 0.223. The van der Waals surface area contributed by atoms with Crippen molar-refractivity contribution in [2.75, 3.05) is 7.11 Å². The molecule has 1 N–H and O–H groups in total. The minimum Gasteiger partial charge on any atom is -0.495 e. The summed E-state index contributed by atoms with van der Waals surface area (Å²) in [7, 11) is 1.52. The average Bonchev–Trinajstić information content (AvgIpc) is 2.77. The summed E-state index contributed by atoms with van der Waals surface area (Å²) in [6.45, 7) is 1.95. The van der Waals surface area contributed by atoms with Crippen LogP contribution in [-0.4, -0.2) is 12.2 Å². The van der Waals surface area contributed by atoms with Crippen molar-refractivity contribution in [1.29, 1.82) is 0 Å². The second-order valence-corrected chi connectivity index (χ2v) is 5.64. The van der Waals surface area contributed by atoms with Crippen LogP contribution < -0.4 is 4.74 Å². The van der Waals surface area contributed by atoms with E-state index in [2.05, 4.69) is 0 Å². The monoisotopic (exact) mass is 302 g/mol. The molecule has 18 heavy (non-hydrogen) atoms. The molecule has 1 aromatic carbocycles. The molecule has 0 spiro atoms. The largest absolute Gasteiger partial charge is 0.495 e. The van der Waals surface area contributed by atoms with Crippen LogP contribution in [0.25, 0.3) is 0 Å². The van der Waals surface area contributed by atoms with Crippen LogP contribution in [0.5, 0.6) is 5.75 Å². The van der Waals surface area contributed by atoms with Gasteiger partial charge in [-0.05, 0) is 30.0 Å². The first-order chi connectivity index (χ1) is 8.54. The third-order valence-corrected chi connectivity index (χ3v) is 4.41. The highest BCUT2D eigenvalue weighted by molar-refractivity contribution is 7.10. The predicted molar refractivity (Wildman–Crippen MR) is 76.1 cm³/mol. The van der Waals surface area contributed by atoms with Crippen molar-refractivity contribution in [3.8, 4) is 5.75 Å². The minimum absolute atomic E-state index is 0.435. The van der Waals surface area contributed by atoms with Crippen molar-refractivity contribution in [1.82, 2.24) is 0 Å². The molecule has 1 heterocycles. The number of benzene rings is 1. The van der Waals surface area contributed by atoms with E-state index in [1.807, 2.05) is 18.4 Å². The van der Waals surface area contributed by atoms with Crippen LogP contribution in [0.3, 0.4) is 0 Å². The minimum atomic E-state index is -0.763. The maximum absolute atomic E-state index is 10.4. The van der Waals surface area contributed by atoms with E-state index >= 15 is 0 Å². The summed E-state index contributed by atoms with van der Waals surface area (Å²) < 4.78 is 5.08. The Balaban J connectivity index is 2.46. The van der Waals surface area contributed by atoms with Gasteiger partial charge in [0.1, 0.15) is 11.9 Å². The lowest BCUT2D eigenvalue weighted by Crippen LogP contribution is -2.00. The van der Waals surface area contributed by atoms with E-state index in [-0.39, 0.29) is 0 Å². The molecule has 2 nitrogen and oxygen atoms in total. The molecular weight excluding hydrogens is 291 g/mol. The highest BCUT2D eigenvalue weighted by atomic mass is 35.5. The molecule has 1 atom stereocenters. The van der Waals surface area contributed by atoms with Crippen LogP contribution in [0.15, 0.2) is 23.6 Å². The molecule has 0 radical (unpaired) electrons. The predicted octanol–water partition coefficient (Wildman–Crippen LogP) is 4.45. The van der Waals surface area contributed by atoms with Crippen molar-refractivity contribution in [2.24, 2.45) is 0 Å². The van der Waals surface area contributed by atoms with Crippen molar-refractivity contribution in [3.05, 3.63) is 49.6 Å². The molecule has 0 aliphatic rings. The van der Waals surface area contributed by atoms with E-state index < -0.39 is 6.10 Å². The number of hydrogen-bond acceptors (Lipinski definition) is 3. The maximum Gasteiger partial charge on any atom is 0.138 e. The van der Waals surface area contributed by atoms with Gasteiger partial charge in [0.25, 0.3) is 0 Å². The van der Waals surface area contributed by atoms with Crippen LogP contribution in [-0.2, 0) is 0 Å². The van der Waals surface area contributed by atoms with Gasteiger partial charge in [-0.1, -0.05) is 23.2 Å². The van der Waals surface area contributed by atoms with Gasteiger partial charge in [0.2, 0.25) is 0 Å². The Morgan fingerprint density at radius 2 is 2.00 bits per heavy atom. The molecule has 0 bridgehead atoms. The van der Waals surface area contributed by atoms with E-state index in [1.54, 1.807) is 12.1 Å². The number of aliphatic hydroxyl groups excluding tert-OH is 1. The van der Waals surface area contributed by atoms with Crippen molar-refractivity contribution >= 4 is 34.5 Å². The van der Waals surface area contributed by atoms with Gasteiger partial charge in [0.05, 0.1) is 17.2 Å². The third kappa shape index (κ3) is 2.50. The van der Waals surface area contributed by atoms with Gasteiger partial charge in [-0.25, -0.2) is 0 Å².